The van der Waals surface area contributed by atoms with Crippen molar-refractivity contribution in [3.8, 4) is 0 Å². The van der Waals surface area contributed by atoms with E-state index < -0.39 is 4.92 Å². The van der Waals surface area contributed by atoms with Gasteiger partial charge < -0.3 is 10.6 Å². The average Bonchev–Trinajstić information content (AvgIpc) is 2.62. The van der Waals surface area contributed by atoms with Crippen LogP contribution in [0.25, 0.3) is 0 Å². The highest BCUT2D eigenvalue weighted by Crippen LogP contribution is 2.57. The molecule has 0 radical (unpaired) electrons. The van der Waals surface area contributed by atoms with Gasteiger partial charge >= 0.3 is 5.69 Å². The van der Waals surface area contributed by atoms with Crippen LogP contribution in [0.5, 0.6) is 0 Å². The SMILES string of the molecule is O=[N+]([O-])c1c(Nc2ccc(Cl)cc2)ncnc1NC12CC3CC(CC(C3)C1)C2. The molecule has 4 aliphatic carbocycles. The second-order valence-corrected chi connectivity index (χ2v) is 9.07. The van der Waals surface area contributed by atoms with E-state index in [2.05, 4.69) is 20.6 Å². The Morgan fingerprint density at radius 2 is 1.57 bits per heavy atom. The zero-order valence-corrected chi connectivity index (χ0v) is 16.2. The Labute approximate surface area is 168 Å². The summed E-state index contributed by atoms with van der Waals surface area (Å²) in [6.45, 7) is 0. The van der Waals surface area contributed by atoms with E-state index in [9.17, 15) is 10.1 Å². The third-order valence-corrected chi connectivity index (χ3v) is 6.79. The lowest BCUT2D eigenvalue weighted by Crippen LogP contribution is -2.55. The van der Waals surface area contributed by atoms with Crippen molar-refractivity contribution in [2.45, 2.75) is 44.1 Å². The van der Waals surface area contributed by atoms with Gasteiger partial charge in [-0.3, -0.25) is 10.1 Å². The first-order valence-electron chi connectivity index (χ1n) is 9.80. The van der Waals surface area contributed by atoms with Crippen LogP contribution < -0.4 is 10.6 Å². The third-order valence-electron chi connectivity index (χ3n) is 6.53. The number of rotatable bonds is 5. The summed E-state index contributed by atoms with van der Waals surface area (Å²) in [6.07, 6.45) is 8.58. The number of nitro groups is 1. The van der Waals surface area contributed by atoms with Crippen LogP contribution in [0.2, 0.25) is 5.02 Å². The standard InChI is InChI=1S/C20H22ClN5O2/c21-15-1-3-16(4-2-15)24-18-17(26(27)28)19(23-11-22-18)25-20-8-12-5-13(9-20)7-14(6-12)10-20/h1-4,11-14H,5-10H2,(H2,22,23,24,25). The Morgan fingerprint density at radius 3 is 2.14 bits per heavy atom. The molecule has 1 aromatic carbocycles. The van der Waals surface area contributed by atoms with E-state index in [1.165, 1.54) is 25.6 Å². The molecular formula is C20H22ClN5O2. The number of hydrogen-bond acceptors (Lipinski definition) is 6. The lowest BCUT2D eigenvalue weighted by atomic mass is 9.53. The molecule has 1 aromatic heterocycles. The highest BCUT2D eigenvalue weighted by Gasteiger charge is 2.51. The van der Waals surface area contributed by atoms with Gasteiger partial charge in [0.25, 0.3) is 0 Å². The highest BCUT2D eigenvalue weighted by atomic mass is 35.5. The molecule has 0 atom stereocenters. The van der Waals surface area contributed by atoms with Crippen molar-refractivity contribution in [1.29, 1.82) is 0 Å². The zero-order chi connectivity index (χ0) is 19.3. The fourth-order valence-electron chi connectivity index (χ4n) is 5.92. The summed E-state index contributed by atoms with van der Waals surface area (Å²) in [5, 5.41) is 19.1. The van der Waals surface area contributed by atoms with Gasteiger partial charge in [-0.15, -0.1) is 0 Å². The van der Waals surface area contributed by atoms with Crippen LogP contribution in [0.15, 0.2) is 30.6 Å². The number of nitrogens with zero attached hydrogens (tertiary/aromatic N) is 3. The van der Waals surface area contributed by atoms with Gasteiger partial charge in [0.2, 0.25) is 11.6 Å². The van der Waals surface area contributed by atoms with Crippen LogP contribution >= 0.6 is 11.6 Å². The Bertz CT molecular complexity index is 882. The molecule has 0 saturated heterocycles. The van der Waals surface area contributed by atoms with E-state index in [4.69, 9.17) is 11.6 Å². The molecule has 7 nitrogen and oxygen atoms in total. The summed E-state index contributed by atoms with van der Waals surface area (Å²) in [7, 11) is 0. The van der Waals surface area contributed by atoms with Crippen molar-refractivity contribution < 1.29 is 4.92 Å². The monoisotopic (exact) mass is 399 g/mol. The summed E-state index contributed by atoms with van der Waals surface area (Å²) in [4.78, 5) is 19.9. The quantitative estimate of drug-likeness (QED) is 0.532. The maximum Gasteiger partial charge on any atom is 0.353 e. The van der Waals surface area contributed by atoms with E-state index in [0.717, 1.165) is 37.0 Å². The first kappa shape index (κ1) is 17.7. The van der Waals surface area contributed by atoms with Crippen LogP contribution in [0, 0.1) is 27.9 Å². The number of hydrogen-bond donors (Lipinski definition) is 2. The first-order chi connectivity index (χ1) is 13.5. The Hall–Kier alpha value is -2.41. The number of halogens is 1. The minimum absolute atomic E-state index is 0.0641. The summed E-state index contributed by atoms with van der Waals surface area (Å²) in [6, 6.07) is 6.98. The van der Waals surface area contributed by atoms with Crippen molar-refractivity contribution in [3.05, 3.63) is 45.7 Å². The van der Waals surface area contributed by atoms with Gasteiger partial charge in [0.15, 0.2) is 0 Å². The molecule has 0 unspecified atom stereocenters. The summed E-state index contributed by atoms with van der Waals surface area (Å²) in [5.74, 6) is 2.73. The van der Waals surface area contributed by atoms with Crippen molar-refractivity contribution in [2.75, 3.05) is 10.6 Å². The predicted molar refractivity (Wildman–Crippen MR) is 108 cm³/mol. The number of nitrogens with one attached hydrogen (secondary N) is 2. The highest BCUT2D eigenvalue weighted by molar-refractivity contribution is 6.30. The Morgan fingerprint density at radius 1 is 1.00 bits per heavy atom. The molecule has 146 valence electrons. The molecule has 4 aliphatic rings. The van der Waals surface area contributed by atoms with E-state index in [0.29, 0.717) is 16.5 Å². The van der Waals surface area contributed by atoms with E-state index >= 15 is 0 Å². The molecule has 0 spiro atoms. The number of aromatic nitrogens is 2. The molecule has 8 heteroatoms. The third kappa shape index (κ3) is 3.17. The van der Waals surface area contributed by atoms with Crippen molar-refractivity contribution in [1.82, 2.24) is 9.97 Å². The Kier molecular flexibility index (Phi) is 4.16. The molecule has 4 saturated carbocycles. The van der Waals surface area contributed by atoms with Crippen LogP contribution in [-0.2, 0) is 0 Å². The second kappa shape index (κ2) is 6.58. The van der Waals surface area contributed by atoms with Gasteiger partial charge in [-0.05, 0) is 80.5 Å². The summed E-state index contributed by atoms with van der Waals surface area (Å²) < 4.78 is 0. The molecule has 28 heavy (non-hydrogen) atoms. The lowest BCUT2D eigenvalue weighted by Gasteiger charge is -2.57. The fraction of sp³-hybridized carbons (Fsp3) is 0.500. The molecule has 0 aliphatic heterocycles. The second-order valence-electron chi connectivity index (χ2n) is 8.63. The lowest BCUT2D eigenvalue weighted by molar-refractivity contribution is -0.383. The molecule has 0 amide bonds. The first-order valence-corrected chi connectivity index (χ1v) is 10.2. The average molecular weight is 400 g/mol. The molecule has 2 aromatic rings. The summed E-state index contributed by atoms with van der Waals surface area (Å²) in [5.41, 5.74) is 0.519. The largest absolute Gasteiger partial charge is 0.359 e. The van der Waals surface area contributed by atoms with Crippen LogP contribution in [-0.4, -0.2) is 20.4 Å². The summed E-state index contributed by atoms with van der Waals surface area (Å²) >= 11 is 5.92. The molecule has 4 bridgehead atoms. The van der Waals surface area contributed by atoms with E-state index in [1.54, 1.807) is 24.3 Å². The number of benzene rings is 1. The smallest absolute Gasteiger partial charge is 0.353 e. The van der Waals surface area contributed by atoms with Crippen molar-refractivity contribution >= 4 is 34.6 Å². The van der Waals surface area contributed by atoms with Gasteiger partial charge in [-0.2, -0.15) is 0 Å². The van der Waals surface area contributed by atoms with Crippen molar-refractivity contribution in [3.63, 3.8) is 0 Å². The fourth-order valence-corrected chi connectivity index (χ4v) is 6.05. The van der Waals surface area contributed by atoms with Crippen LogP contribution in [0.4, 0.5) is 23.0 Å². The minimum atomic E-state index is -0.402. The minimum Gasteiger partial charge on any atom is -0.359 e. The van der Waals surface area contributed by atoms with Crippen LogP contribution in [0.3, 0.4) is 0 Å². The molecular weight excluding hydrogens is 378 g/mol. The van der Waals surface area contributed by atoms with Crippen LogP contribution in [0.1, 0.15) is 38.5 Å². The van der Waals surface area contributed by atoms with E-state index in [1.807, 2.05) is 0 Å². The van der Waals surface area contributed by atoms with E-state index in [-0.39, 0.29) is 17.0 Å². The number of anilines is 3. The normalized spacial score (nSPS) is 30.2. The van der Waals surface area contributed by atoms with Crippen molar-refractivity contribution in [2.24, 2.45) is 17.8 Å². The Balaban J connectivity index is 1.46. The topological polar surface area (TPSA) is 93.0 Å². The van der Waals surface area contributed by atoms with Gasteiger partial charge in [0.05, 0.1) is 4.92 Å². The molecule has 2 N–H and O–H groups in total. The van der Waals surface area contributed by atoms with Gasteiger partial charge in [0.1, 0.15) is 6.33 Å². The van der Waals surface area contributed by atoms with Gasteiger partial charge in [0, 0.05) is 16.2 Å². The maximum atomic E-state index is 11.9. The maximum absolute atomic E-state index is 11.9. The zero-order valence-electron chi connectivity index (χ0n) is 15.4. The predicted octanol–water partition coefficient (Wildman–Crippen LogP) is 5.16. The molecule has 6 rings (SSSR count). The van der Waals surface area contributed by atoms with Gasteiger partial charge in [-0.25, -0.2) is 9.97 Å². The molecule has 4 fully saturated rings. The van der Waals surface area contributed by atoms with Gasteiger partial charge in [-0.1, -0.05) is 11.6 Å². The molecule has 1 heterocycles.